The summed E-state index contributed by atoms with van der Waals surface area (Å²) in [5.74, 6) is 1.05. The monoisotopic (exact) mass is 245 g/mol. The lowest BCUT2D eigenvalue weighted by atomic mass is 10.3. The van der Waals surface area contributed by atoms with Gasteiger partial charge in [0.25, 0.3) is 0 Å². The summed E-state index contributed by atoms with van der Waals surface area (Å²) in [6.07, 6.45) is 1.70. The number of hydrogen-bond acceptors (Lipinski definition) is 4. The van der Waals surface area contributed by atoms with Crippen LogP contribution >= 0.6 is 11.6 Å². The van der Waals surface area contributed by atoms with Gasteiger partial charge in [0.1, 0.15) is 6.61 Å². The van der Waals surface area contributed by atoms with Gasteiger partial charge in [-0.25, -0.2) is 4.98 Å². The Hall–Kier alpha value is -0.840. The van der Waals surface area contributed by atoms with Crippen LogP contribution in [0.5, 0.6) is 5.88 Å². The van der Waals surface area contributed by atoms with Gasteiger partial charge in [0.05, 0.1) is 19.8 Å². The van der Waals surface area contributed by atoms with Gasteiger partial charge in [0.2, 0.25) is 5.88 Å². The van der Waals surface area contributed by atoms with Crippen molar-refractivity contribution >= 4 is 11.6 Å². The summed E-state index contributed by atoms with van der Waals surface area (Å²) in [6, 6.07) is 3.69. The number of rotatable bonds is 8. The minimum atomic E-state index is 0.466. The van der Waals surface area contributed by atoms with Crippen LogP contribution in [0.2, 0.25) is 0 Å². The Kier molecular flexibility index (Phi) is 6.88. The molecule has 0 N–H and O–H groups in total. The number of methoxy groups -OCH3 is 1. The number of aromatic nitrogens is 1. The van der Waals surface area contributed by atoms with Crippen molar-refractivity contribution in [2.24, 2.45) is 0 Å². The highest BCUT2D eigenvalue weighted by atomic mass is 35.5. The summed E-state index contributed by atoms with van der Waals surface area (Å²) in [6.45, 7) is 2.19. The van der Waals surface area contributed by atoms with E-state index in [1.807, 2.05) is 6.07 Å². The Morgan fingerprint density at radius 3 is 2.62 bits per heavy atom. The van der Waals surface area contributed by atoms with Crippen LogP contribution in [0.1, 0.15) is 5.56 Å². The SMILES string of the molecule is COCCOCCOc1ccc(CCl)cn1. The minimum absolute atomic E-state index is 0.466. The van der Waals surface area contributed by atoms with Crippen molar-refractivity contribution in [3.8, 4) is 5.88 Å². The molecule has 90 valence electrons. The number of hydrogen-bond donors (Lipinski definition) is 0. The van der Waals surface area contributed by atoms with Crippen molar-refractivity contribution in [3.63, 3.8) is 0 Å². The normalized spacial score (nSPS) is 10.4. The van der Waals surface area contributed by atoms with Gasteiger partial charge < -0.3 is 14.2 Å². The minimum Gasteiger partial charge on any atom is -0.475 e. The molecule has 5 heteroatoms. The number of ether oxygens (including phenoxy) is 3. The van der Waals surface area contributed by atoms with Crippen molar-refractivity contribution in [2.75, 3.05) is 33.5 Å². The second-order valence-electron chi connectivity index (χ2n) is 3.09. The van der Waals surface area contributed by atoms with Gasteiger partial charge in [-0.3, -0.25) is 0 Å². The predicted octanol–water partition coefficient (Wildman–Crippen LogP) is 1.86. The summed E-state index contributed by atoms with van der Waals surface area (Å²) in [5, 5.41) is 0. The zero-order chi connectivity index (χ0) is 11.6. The third kappa shape index (κ3) is 5.30. The molecule has 0 saturated carbocycles. The van der Waals surface area contributed by atoms with Crippen LogP contribution in [-0.2, 0) is 15.4 Å². The molecule has 0 aliphatic heterocycles. The van der Waals surface area contributed by atoms with E-state index in [0.717, 1.165) is 5.56 Å². The average Bonchev–Trinajstić information content (AvgIpc) is 2.34. The molecule has 16 heavy (non-hydrogen) atoms. The van der Waals surface area contributed by atoms with Crippen LogP contribution in [0, 0.1) is 0 Å². The maximum atomic E-state index is 5.64. The van der Waals surface area contributed by atoms with Crippen molar-refractivity contribution < 1.29 is 14.2 Å². The quantitative estimate of drug-likeness (QED) is 0.518. The largest absolute Gasteiger partial charge is 0.475 e. The van der Waals surface area contributed by atoms with E-state index in [1.54, 1.807) is 19.4 Å². The standard InChI is InChI=1S/C11H16ClNO3/c1-14-4-5-15-6-7-16-11-3-2-10(8-12)9-13-11/h2-3,9H,4-8H2,1H3. The highest BCUT2D eigenvalue weighted by molar-refractivity contribution is 6.17. The van der Waals surface area contributed by atoms with Crippen LogP contribution in [0.4, 0.5) is 0 Å². The molecule has 1 heterocycles. The molecule has 0 atom stereocenters. The van der Waals surface area contributed by atoms with Gasteiger partial charge in [0.15, 0.2) is 0 Å². The molecule has 1 rings (SSSR count). The van der Waals surface area contributed by atoms with Crippen LogP contribution < -0.4 is 4.74 Å². The molecule has 0 bridgehead atoms. The van der Waals surface area contributed by atoms with E-state index in [4.69, 9.17) is 25.8 Å². The number of nitrogens with zero attached hydrogens (tertiary/aromatic N) is 1. The molecular formula is C11H16ClNO3. The lowest BCUT2D eigenvalue weighted by molar-refractivity contribution is 0.0537. The first kappa shape index (κ1) is 13.2. The fourth-order valence-corrected chi connectivity index (χ4v) is 1.18. The molecule has 4 nitrogen and oxygen atoms in total. The summed E-state index contributed by atoms with van der Waals surface area (Å²) in [5.41, 5.74) is 0.977. The van der Waals surface area contributed by atoms with E-state index in [-0.39, 0.29) is 0 Å². The summed E-state index contributed by atoms with van der Waals surface area (Å²) < 4.78 is 15.4. The maximum absolute atomic E-state index is 5.64. The molecule has 0 amide bonds. The highest BCUT2D eigenvalue weighted by Gasteiger charge is 1.96. The summed E-state index contributed by atoms with van der Waals surface area (Å²) >= 11 is 5.64. The zero-order valence-electron chi connectivity index (χ0n) is 9.32. The molecule has 0 aliphatic carbocycles. The van der Waals surface area contributed by atoms with E-state index in [1.165, 1.54) is 0 Å². The first-order chi connectivity index (χ1) is 7.86. The fourth-order valence-electron chi connectivity index (χ4n) is 1.02. The Labute approximate surface area is 100 Å². The molecule has 0 saturated heterocycles. The van der Waals surface area contributed by atoms with Gasteiger partial charge in [-0.1, -0.05) is 6.07 Å². The van der Waals surface area contributed by atoms with Crippen LogP contribution in [0.15, 0.2) is 18.3 Å². The second kappa shape index (κ2) is 8.33. The smallest absolute Gasteiger partial charge is 0.213 e. The first-order valence-corrected chi connectivity index (χ1v) is 5.60. The second-order valence-corrected chi connectivity index (χ2v) is 3.36. The molecule has 0 fully saturated rings. The molecule has 0 radical (unpaired) electrons. The third-order valence-corrected chi connectivity index (χ3v) is 2.17. The zero-order valence-corrected chi connectivity index (χ0v) is 10.1. The maximum Gasteiger partial charge on any atom is 0.213 e. The van der Waals surface area contributed by atoms with Gasteiger partial charge in [-0.05, 0) is 5.56 Å². The molecule has 0 spiro atoms. The van der Waals surface area contributed by atoms with Crippen LogP contribution in [-0.4, -0.2) is 38.5 Å². The lowest BCUT2D eigenvalue weighted by Gasteiger charge is -2.06. The van der Waals surface area contributed by atoms with Gasteiger partial charge in [-0.2, -0.15) is 0 Å². The molecule has 1 aromatic rings. The van der Waals surface area contributed by atoms with E-state index >= 15 is 0 Å². The van der Waals surface area contributed by atoms with Gasteiger partial charge in [0, 0.05) is 25.3 Å². The Balaban J connectivity index is 2.12. The average molecular weight is 246 g/mol. The van der Waals surface area contributed by atoms with Crippen LogP contribution in [0.25, 0.3) is 0 Å². The van der Waals surface area contributed by atoms with Crippen molar-refractivity contribution in [1.29, 1.82) is 0 Å². The molecule has 1 aromatic heterocycles. The third-order valence-electron chi connectivity index (χ3n) is 1.86. The van der Waals surface area contributed by atoms with Crippen LogP contribution in [0.3, 0.4) is 0 Å². The fraction of sp³-hybridized carbons (Fsp3) is 0.545. The number of halogens is 1. The lowest BCUT2D eigenvalue weighted by Crippen LogP contribution is -2.10. The number of alkyl halides is 1. The van der Waals surface area contributed by atoms with Crippen molar-refractivity contribution in [3.05, 3.63) is 23.9 Å². The highest BCUT2D eigenvalue weighted by Crippen LogP contribution is 2.08. The van der Waals surface area contributed by atoms with Crippen molar-refractivity contribution in [1.82, 2.24) is 4.98 Å². The molecule has 0 aromatic carbocycles. The topological polar surface area (TPSA) is 40.6 Å². The molecular weight excluding hydrogens is 230 g/mol. The van der Waals surface area contributed by atoms with Crippen molar-refractivity contribution in [2.45, 2.75) is 5.88 Å². The van der Waals surface area contributed by atoms with E-state index in [0.29, 0.717) is 38.2 Å². The van der Waals surface area contributed by atoms with Gasteiger partial charge >= 0.3 is 0 Å². The van der Waals surface area contributed by atoms with E-state index in [2.05, 4.69) is 4.98 Å². The Morgan fingerprint density at radius 1 is 1.19 bits per heavy atom. The molecule has 0 unspecified atom stereocenters. The summed E-state index contributed by atoms with van der Waals surface area (Å²) in [7, 11) is 1.64. The van der Waals surface area contributed by atoms with E-state index < -0.39 is 0 Å². The van der Waals surface area contributed by atoms with E-state index in [9.17, 15) is 0 Å². The predicted molar refractivity (Wildman–Crippen MR) is 62.0 cm³/mol. The first-order valence-electron chi connectivity index (χ1n) is 5.07. The van der Waals surface area contributed by atoms with Gasteiger partial charge in [-0.15, -0.1) is 11.6 Å². The number of pyridine rings is 1. The molecule has 0 aliphatic rings. The Morgan fingerprint density at radius 2 is 2.00 bits per heavy atom. The Bertz CT molecular complexity index is 279. The summed E-state index contributed by atoms with van der Waals surface area (Å²) in [4.78, 5) is 4.10.